The molecule has 0 bridgehead atoms. The summed E-state index contributed by atoms with van der Waals surface area (Å²) in [5.74, 6) is 0.635. The van der Waals surface area contributed by atoms with Gasteiger partial charge in [0.25, 0.3) is 0 Å². The zero-order chi connectivity index (χ0) is 15.5. The van der Waals surface area contributed by atoms with Crippen molar-refractivity contribution in [1.82, 2.24) is 4.72 Å². The van der Waals surface area contributed by atoms with Crippen LogP contribution in [-0.4, -0.2) is 33.8 Å². The van der Waals surface area contributed by atoms with Gasteiger partial charge >= 0.3 is 0 Å². The predicted molar refractivity (Wildman–Crippen MR) is 78.0 cm³/mol. The van der Waals surface area contributed by atoms with Gasteiger partial charge in [-0.05, 0) is 18.9 Å². The largest absolute Gasteiger partial charge is 0.493 e. The summed E-state index contributed by atoms with van der Waals surface area (Å²) in [6, 6.07) is 2.81. The highest BCUT2D eigenvalue weighted by atomic mass is 32.2. The first-order valence-corrected chi connectivity index (χ1v) is 8.38. The van der Waals surface area contributed by atoms with Crippen LogP contribution < -0.4 is 14.2 Å². The minimum atomic E-state index is -3.63. The molecule has 0 radical (unpaired) electrons. The second-order valence-electron chi connectivity index (χ2n) is 5.08. The van der Waals surface area contributed by atoms with Crippen LogP contribution in [0.4, 0.5) is 0 Å². The van der Waals surface area contributed by atoms with E-state index < -0.39 is 10.0 Å². The molecular formula is C14H21NO5S. The van der Waals surface area contributed by atoms with Crippen molar-refractivity contribution in [1.29, 1.82) is 0 Å². The summed E-state index contributed by atoms with van der Waals surface area (Å²) in [4.78, 5) is 0.0797. The zero-order valence-corrected chi connectivity index (χ0v) is 13.1. The van der Waals surface area contributed by atoms with Crippen LogP contribution in [0.3, 0.4) is 0 Å². The molecule has 2 rings (SSSR count). The molecule has 0 atom stereocenters. The Morgan fingerprint density at radius 2 is 1.90 bits per heavy atom. The lowest BCUT2D eigenvalue weighted by atomic mass is 10.2. The number of aliphatic hydroxyl groups excluding tert-OH is 1. The van der Waals surface area contributed by atoms with Crippen molar-refractivity contribution in [2.75, 3.05) is 14.2 Å². The SMILES string of the molecule is COc1cc(S(=O)(=O)NC2CCCC2)cc(CO)c1OC. The Morgan fingerprint density at radius 3 is 2.43 bits per heavy atom. The maximum Gasteiger partial charge on any atom is 0.240 e. The van der Waals surface area contributed by atoms with Gasteiger partial charge in [0, 0.05) is 17.7 Å². The van der Waals surface area contributed by atoms with Gasteiger partial charge in [0.15, 0.2) is 11.5 Å². The van der Waals surface area contributed by atoms with Crippen molar-refractivity contribution in [3.63, 3.8) is 0 Å². The minimum Gasteiger partial charge on any atom is -0.493 e. The monoisotopic (exact) mass is 315 g/mol. The molecule has 1 fully saturated rings. The van der Waals surface area contributed by atoms with E-state index in [1.807, 2.05) is 0 Å². The van der Waals surface area contributed by atoms with Crippen molar-refractivity contribution < 1.29 is 23.0 Å². The third-order valence-electron chi connectivity index (χ3n) is 3.69. The molecule has 1 saturated carbocycles. The second kappa shape index (κ2) is 6.64. The van der Waals surface area contributed by atoms with Gasteiger partial charge in [0.05, 0.1) is 25.7 Å². The highest BCUT2D eigenvalue weighted by Gasteiger charge is 2.25. The molecule has 1 aromatic rings. The smallest absolute Gasteiger partial charge is 0.240 e. The van der Waals surface area contributed by atoms with Crippen LogP contribution in [0, 0.1) is 0 Å². The Bertz CT molecular complexity index is 568. The number of aliphatic hydroxyl groups is 1. The maximum atomic E-state index is 12.4. The van der Waals surface area contributed by atoms with Crippen molar-refractivity contribution in [2.45, 2.75) is 43.2 Å². The van der Waals surface area contributed by atoms with Gasteiger partial charge in [-0.25, -0.2) is 13.1 Å². The van der Waals surface area contributed by atoms with Crippen molar-refractivity contribution in [3.8, 4) is 11.5 Å². The van der Waals surface area contributed by atoms with Crippen LogP contribution in [0.2, 0.25) is 0 Å². The number of sulfonamides is 1. The fourth-order valence-corrected chi connectivity index (χ4v) is 3.99. The fourth-order valence-electron chi connectivity index (χ4n) is 2.62. The lowest BCUT2D eigenvalue weighted by Gasteiger charge is -2.16. The standard InChI is InChI=1S/C14H21NO5S/c1-19-13-8-12(7-10(9-16)14(13)20-2)21(17,18)15-11-5-3-4-6-11/h7-8,11,15-16H,3-6,9H2,1-2H3. The zero-order valence-electron chi connectivity index (χ0n) is 12.3. The topological polar surface area (TPSA) is 84.9 Å². The summed E-state index contributed by atoms with van der Waals surface area (Å²) in [5.41, 5.74) is 0.378. The average molecular weight is 315 g/mol. The Hall–Kier alpha value is -1.31. The Morgan fingerprint density at radius 1 is 1.24 bits per heavy atom. The molecule has 1 aliphatic carbocycles. The van der Waals surface area contributed by atoms with E-state index in [4.69, 9.17) is 9.47 Å². The second-order valence-corrected chi connectivity index (χ2v) is 6.79. The van der Waals surface area contributed by atoms with Gasteiger partial charge in [0.2, 0.25) is 10.0 Å². The number of nitrogens with one attached hydrogen (secondary N) is 1. The van der Waals surface area contributed by atoms with E-state index in [1.54, 1.807) is 0 Å². The van der Waals surface area contributed by atoms with Gasteiger partial charge < -0.3 is 14.6 Å². The summed E-state index contributed by atoms with van der Waals surface area (Å²) in [7, 11) is -0.754. The molecule has 0 aliphatic heterocycles. The van der Waals surface area contributed by atoms with E-state index in [0.29, 0.717) is 11.3 Å². The van der Waals surface area contributed by atoms with Gasteiger partial charge in [-0.3, -0.25) is 0 Å². The molecule has 1 aliphatic rings. The highest BCUT2D eigenvalue weighted by Crippen LogP contribution is 2.34. The molecule has 2 N–H and O–H groups in total. The van der Waals surface area contributed by atoms with Crippen LogP contribution in [0.15, 0.2) is 17.0 Å². The summed E-state index contributed by atoms with van der Waals surface area (Å²) in [6.07, 6.45) is 3.81. The predicted octanol–water partition coefficient (Wildman–Crippen LogP) is 1.42. The molecule has 0 aromatic heterocycles. The Labute approximate surface area is 125 Å². The van der Waals surface area contributed by atoms with Crippen molar-refractivity contribution in [3.05, 3.63) is 17.7 Å². The summed E-state index contributed by atoms with van der Waals surface area (Å²) in [5, 5.41) is 9.39. The number of rotatable bonds is 6. The Balaban J connectivity index is 2.38. The number of hydrogen-bond acceptors (Lipinski definition) is 5. The van der Waals surface area contributed by atoms with E-state index in [2.05, 4.69) is 4.72 Å². The molecule has 0 spiro atoms. The molecule has 0 unspecified atom stereocenters. The maximum absolute atomic E-state index is 12.4. The summed E-state index contributed by atoms with van der Waals surface area (Å²) in [6.45, 7) is -0.327. The van der Waals surface area contributed by atoms with Crippen LogP contribution in [0.5, 0.6) is 11.5 Å². The molecule has 6 nitrogen and oxygen atoms in total. The van der Waals surface area contributed by atoms with Crippen LogP contribution in [0.1, 0.15) is 31.2 Å². The fraction of sp³-hybridized carbons (Fsp3) is 0.571. The molecule has 21 heavy (non-hydrogen) atoms. The van der Waals surface area contributed by atoms with Crippen molar-refractivity contribution >= 4 is 10.0 Å². The van der Waals surface area contributed by atoms with E-state index in [-0.39, 0.29) is 23.3 Å². The lowest BCUT2D eigenvalue weighted by molar-refractivity contribution is 0.269. The number of ether oxygens (including phenoxy) is 2. The van der Waals surface area contributed by atoms with Gasteiger partial charge in [-0.2, -0.15) is 0 Å². The van der Waals surface area contributed by atoms with E-state index in [1.165, 1.54) is 26.4 Å². The number of methoxy groups -OCH3 is 2. The van der Waals surface area contributed by atoms with Crippen LogP contribution in [-0.2, 0) is 16.6 Å². The third-order valence-corrected chi connectivity index (χ3v) is 5.19. The molecular weight excluding hydrogens is 294 g/mol. The normalized spacial score (nSPS) is 16.1. The molecule has 118 valence electrons. The molecule has 0 amide bonds. The van der Waals surface area contributed by atoms with E-state index in [9.17, 15) is 13.5 Å². The summed E-state index contributed by atoms with van der Waals surface area (Å²) < 4.78 is 37.9. The molecule has 0 heterocycles. The lowest BCUT2D eigenvalue weighted by Crippen LogP contribution is -2.32. The first kappa shape index (κ1) is 16.1. The van der Waals surface area contributed by atoms with Gasteiger partial charge in [0.1, 0.15) is 0 Å². The molecule has 7 heteroatoms. The van der Waals surface area contributed by atoms with Gasteiger partial charge in [-0.15, -0.1) is 0 Å². The average Bonchev–Trinajstić information content (AvgIpc) is 2.97. The van der Waals surface area contributed by atoms with E-state index >= 15 is 0 Å². The minimum absolute atomic E-state index is 0.0133. The molecule has 0 saturated heterocycles. The van der Waals surface area contributed by atoms with E-state index in [0.717, 1.165) is 25.7 Å². The van der Waals surface area contributed by atoms with Crippen LogP contribution in [0.25, 0.3) is 0 Å². The first-order valence-electron chi connectivity index (χ1n) is 6.90. The number of benzene rings is 1. The first-order chi connectivity index (χ1) is 10.0. The third kappa shape index (κ3) is 3.48. The quantitative estimate of drug-likeness (QED) is 0.829. The summed E-state index contributed by atoms with van der Waals surface area (Å²) >= 11 is 0. The van der Waals surface area contributed by atoms with Crippen molar-refractivity contribution in [2.24, 2.45) is 0 Å². The number of hydrogen-bond donors (Lipinski definition) is 2. The Kier molecular flexibility index (Phi) is 5.08. The van der Waals surface area contributed by atoms with Gasteiger partial charge in [-0.1, -0.05) is 12.8 Å². The highest BCUT2D eigenvalue weighted by molar-refractivity contribution is 7.89. The van der Waals surface area contributed by atoms with Crippen LogP contribution >= 0.6 is 0 Å². The molecule has 1 aromatic carbocycles.